The summed E-state index contributed by atoms with van der Waals surface area (Å²) in [6, 6.07) is 1.79. The largest absolute Gasteiger partial charge is 0.491 e. The third-order valence-corrected chi connectivity index (χ3v) is 2.59. The summed E-state index contributed by atoms with van der Waals surface area (Å²) < 4.78 is 10.0. The van der Waals surface area contributed by atoms with Crippen LogP contribution < -0.4 is 10.1 Å². The molecule has 0 aliphatic heterocycles. The first kappa shape index (κ1) is 17.4. The molecule has 8 nitrogen and oxygen atoms in total. The van der Waals surface area contributed by atoms with Crippen molar-refractivity contribution in [2.45, 2.75) is 26.3 Å². The first-order chi connectivity index (χ1) is 10.5. The van der Waals surface area contributed by atoms with Gasteiger partial charge < -0.3 is 19.9 Å². The van der Waals surface area contributed by atoms with Gasteiger partial charge in [-0.3, -0.25) is 9.59 Å². The summed E-state index contributed by atoms with van der Waals surface area (Å²) in [6.45, 7) is 3.21. The Bertz CT molecular complexity index is 546. The van der Waals surface area contributed by atoms with E-state index in [0.717, 1.165) is 0 Å². The highest BCUT2D eigenvalue weighted by Crippen LogP contribution is 2.15. The second-order valence-electron chi connectivity index (χ2n) is 4.18. The van der Waals surface area contributed by atoms with Crippen molar-refractivity contribution in [1.82, 2.24) is 10.3 Å². The van der Waals surface area contributed by atoms with Crippen LogP contribution in [0.15, 0.2) is 18.3 Å². The van der Waals surface area contributed by atoms with E-state index in [1.54, 1.807) is 26.0 Å². The van der Waals surface area contributed by atoms with Crippen molar-refractivity contribution >= 4 is 17.8 Å². The molecule has 0 radical (unpaired) electrons. The van der Waals surface area contributed by atoms with Crippen molar-refractivity contribution in [3.63, 3.8) is 0 Å². The SMILES string of the molecule is CCOc1cccnc1C(=O)N[C@@H](COC(=O)CC)C(=O)O. The third kappa shape index (κ3) is 5.04. The molecule has 1 amide bonds. The summed E-state index contributed by atoms with van der Waals surface area (Å²) in [4.78, 5) is 38.2. The zero-order valence-electron chi connectivity index (χ0n) is 12.4. The number of carboxylic acids is 1. The van der Waals surface area contributed by atoms with Crippen LogP contribution in [0.5, 0.6) is 5.75 Å². The number of nitrogens with zero attached hydrogens (tertiary/aromatic N) is 1. The van der Waals surface area contributed by atoms with Gasteiger partial charge in [0.1, 0.15) is 6.61 Å². The normalized spacial score (nSPS) is 11.4. The predicted octanol–water partition coefficient (Wildman–Crippen LogP) is 0.616. The van der Waals surface area contributed by atoms with Gasteiger partial charge in [0.2, 0.25) is 0 Å². The van der Waals surface area contributed by atoms with Gasteiger partial charge in [-0.15, -0.1) is 0 Å². The highest BCUT2D eigenvalue weighted by molar-refractivity contribution is 5.97. The molecule has 0 saturated carbocycles. The van der Waals surface area contributed by atoms with E-state index in [1.165, 1.54) is 6.20 Å². The number of nitrogens with one attached hydrogen (secondary N) is 1. The highest BCUT2D eigenvalue weighted by atomic mass is 16.5. The standard InChI is InChI=1S/C14H18N2O6/c1-3-11(17)22-8-9(14(19)20)16-13(18)12-10(21-4-2)6-5-7-15-12/h5-7,9H,3-4,8H2,1-2H3,(H,16,18)(H,19,20)/t9-/m0/s1. The Morgan fingerprint density at radius 1 is 1.36 bits per heavy atom. The second kappa shape index (κ2) is 8.60. The Labute approximate surface area is 127 Å². The van der Waals surface area contributed by atoms with E-state index in [-0.39, 0.29) is 17.9 Å². The van der Waals surface area contributed by atoms with E-state index in [4.69, 9.17) is 14.6 Å². The first-order valence-corrected chi connectivity index (χ1v) is 6.76. The van der Waals surface area contributed by atoms with Gasteiger partial charge in [-0.05, 0) is 19.1 Å². The number of carbonyl (C=O) groups excluding carboxylic acids is 2. The molecule has 0 aliphatic carbocycles. The smallest absolute Gasteiger partial charge is 0.329 e. The van der Waals surface area contributed by atoms with Gasteiger partial charge in [0.05, 0.1) is 6.61 Å². The molecule has 120 valence electrons. The Hall–Kier alpha value is -2.64. The quantitative estimate of drug-likeness (QED) is 0.676. The first-order valence-electron chi connectivity index (χ1n) is 6.76. The number of esters is 1. The van der Waals surface area contributed by atoms with E-state index in [1.807, 2.05) is 0 Å². The summed E-state index contributed by atoms with van der Waals surface area (Å²) in [5.41, 5.74) is -0.0302. The van der Waals surface area contributed by atoms with E-state index in [9.17, 15) is 14.4 Å². The molecule has 0 fully saturated rings. The summed E-state index contributed by atoms with van der Waals surface area (Å²) in [7, 11) is 0. The van der Waals surface area contributed by atoms with Crippen LogP contribution in [0.1, 0.15) is 30.8 Å². The molecule has 0 unspecified atom stereocenters. The minimum atomic E-state index is -1.36. The molecule has 8 heteroatoms. The van der Waals surface area contributed by atoms with Gasteiger partial charge >= 0.3 is 11.9 Å². The minimum absolute atomic E-state index is 0.0302. The summed E-state index contributed by atoms with van der Waals surface area (Å²) >= 11 is 0. The van der Waals surface area contributed by atoms with Crippen LogP contribution in [-0.2, 0) is 14.3 Å². The number of rotatable bonds is 8. The third-order valence-electron chi connectivity index (χ3n) is 2.59. The van der Waals surface area contributed by atoms with Crippen molar-refractivity contribution in [3.05, 3.63) is 24.0 Å². The van der Waals surface area contributed by atoms with Gasteiger partial charge in [-0.25, -0.2) is 9.78 Å². The summed E-state index contributed by atoms with van der Waals surface area (Å²) in [5.74, 6) is -2.33. The van der Waals surface area contributed by atoms with Crippen LogP contribution in [0.4, 0.5) is 0 Å². The Morgan fingerprint density at radius 2 is 2.09 bits per heavy atom. The van der Waals surface area contributed by atoms with Gasteiger partial charge in [-0.1, -0.05) is 6.92 Å². The van der Waals surface area contributed by atoms with E-state index >= 15 is 0 Å². The number of carbonyl (C=O) groups is 3. The monoisotopic (exact) mass is 310 g/mol. The molecule has 1 atom stereocenters. The molecule has 1 aromatic rings. The van der Waals surface area contributed by atoms with Crippen LogP contribution in [0.3, 0.4) is 0 Å². The average Bonchev–Trinajstić information content (AvgIpc) is 2.51. The Morgan fingerprint density at radius 3 is 2.68 bits per heavy atom. The van der Waals surface area contributed by atoms with Gasteiger partial charge in [0.15, 0.2) is 17.5 Å². The molecule has 2 N–H and O–H groups in total. The molecule has 0 bridgehead atoms. The van der Waals surface area contributed by atoms with Gasteiger partial charge in [-0.2, -0.15) is 0 Å². The lowest BCUT2D eigenvalue weighted by atomic mass is 10.2. The second-order valence-corrected chi connectivity index (χ2v) is 4.18. The van der Waals surface area contributed by atoms with E-state index in [0.29, 0.717) is 6.61 Å². The van der Waals surface area contributed by atoms with Gasteiger partial charge in [0.25, 0.3) is 5.91 Å². The zero-order valence-corrected chi connectivity index (χ0v) is 12.4. The highest BCUT2D eigenvalue weighted by Gasteiger charge is 2.24. The zero-order chi connectivity index (χ0) is 16.5. The molecule has 1 rings (SSSR count). The average molecular weight is 310 g/mol. The fraction of sp³-hybridized carbons (Fsp3) is 0.429. The maximum atomic E-state index is 12.1. The van der Waals surface area contributed by atoms with Crippen LogP contribution in [0.25, 0.3) is 0 Å². The molecule has 0 aromatic carbocycles. The molecule has 22 heavy (non-hydrogen) atoms. The number of carboxylic acid groups (broad SMARTS) is 1. The van der Waals surface area contributed by atoms with Crippen molar-refractivity contribution in [1.29, 1.82) is 0 Å². The number of hydrogen-bond donors (Lipinski definition) is 2. The number of pyridine rings is 1. The van der Waals surface area contributed by atoms with Crippen molar-refractivity contribution in [2.24, 2.45) is 0 Å². The lowest BCUT2D eigenvalue weighted by Crippen LogP contribution is -2.44. The number of hydrogen-bond acceptors (Lipinski definition) is 6. The number of aromatic nitrogens is 1. The van der Waals surface area contributed by atoms with Crippen LogP contribution in [-0.4, -0.2) is 47.2 Å². The lowest BCUT2D eigenvalue weighted by Gasteiger charge is -2.15. The summed E-state index contributed by atoms with van der Waals surface area (Å²) in [5, 5.41) is 11.3. The molecule has 0 spiro atoms. The maximum Gasteiger partial charge on any atom is 0.329 e. The number of ether oxygens (including phenoxy) is 2. The number of aliphatic carboxylic acids is 1. The van der Waals surface area contributed by atoms with E-state index in [2.05, 4.69) is 10.3 Å². The molecule has 0 aliphatic rings. The molecule has 1 aromatic heterocycles. The number of amides is 1. The molecule has 1 heterocycles. The fourth-order valence-electron chi connectivity index (χ4n) is 1.51. The maximum absolute atomic E-state index is 12.1. The van der Waals surface area contributed by atoms with Crippen LogP contribution in [0, 0.1) is 0 Å². The van der Waals surface area contributed by atoms with Crippen molar-refractivity contribution in [3.8, 4) is 5.75 Å². The Kier molecular flexibility index (Phi) is 6.81. The molecule has 0 saturated heterocycles. The minimum Gasteiger partial charge on any atom is -0.491 e. The fourth-order valence-corrected chi connectivity index (χ4v) is 1.51. The summed E-state index contributed by atoms with van der Waals surface area (Å²) in [6.07, 6.45) is 1.51. The predicted molar refractivity (Wildman–Crippen MR) is 75.5 cm³/mol. The molecular formula is C14H18N2O6. The van der Waals surface area contributed by atoms with Crippen LogP contribution in [0.2, 0.25) is 0 Å². The topological polar surface area (TPSA) is 115 Å². The van der Waals surface area contributed by atoms with Crippen molar-refractivity contribution < 1.29 is 29.0 Å². The van der Waals surface area contributed by atoms with Gasteiger partial charge in [0, 0.05) is 12.6 Å². The lowest BCUT2D eigenvalue weighted by molar-refractivity contribution is -0.148. The van der Waals surface area contributed by atoms with E-state index < -0.39 is 30.5 Å². The van der Waals surface area contributed by atoms with Crippen molar-refractivity contribution in [2.75, 3.05) is 13.2 Å². The Balaban J connectivity index is 2.79. The molecular weight excluding hydrogens is 292 g/mol. The van der Waals surface area contributed by atoms with Crippen LogP contribution >= 0.6 is 0 Å².